The first-order chi connectivity index (χ1) is 18.5. The molecule has 4 aromatic rings. The Hall–Kier alpha value is -4.72. The Bertz CT molecular complexity index is 1450. The average Bonchev–Trinajstić information content (AvgIpc) is 3.32. The molecule has 0 fully saturated rings. The summed E-state index contributed by atoms with van der Waals surface area (Å²) in [5, 5.41) is 6.69. The standard InChI is InChI=1S/C30H31N3O5/c1-5-33-19-22(23-13-9-10-14-25(23)33)15-24(30(35)31-18-20-11-7-6-8-12-20)32-29(34)21-16-26(36-2)28(38-4)27(17-21)37-3/h6-17,19H,5,18H2,1-4H3,(H,31,35)(H,32,34). The predicted octanol–water partition coefficient (Wildman–Crippen LogP) is 4.77. The number of fused-ring (bicyclic) bond motifs is 1. The van der Waals surface area contributed by atoms with Crippen LogP contribution >= 0.6 is 0 Å². The number of rotatable bonds is 10. The Balaban J connectivity index is 1.71. The molecular formula is C30H31N3O5. The van der Waals surface area contributed by atoms with Gasteiger partial charge in [-0.2, -0.15) is 0 Å². The quantitative estimate of drug-likeness (QED) is 0.298. The van der Waals surface area contributed by atoms with E-state index < -0.39 is 11.8 Å². The second-order valence-electron chi connectivity index (χ2n) is 8.48. The van der Waals surface area contributed by atoms with Gasteiger partial charge in [0, 0.05) is 41.3 Å². The van der Waals surface area contributed by atoms with Crippen LogP contribution in [0.25, 0.3) is 17.0 Å². The average molecular weight is 514 g/mol. The molecule has 8 nitrogen and oxygen atoms in total. The SMILES string of the molecule is CCn1cc(C=C(NC(=O)c2cc(OC)c(OC)c(OC)c2)C(=O)NCc2ccccc2)c2ccccc21. The number of hydrogen-bond donors (Lipinski definition) is 2. The third-order valence-electron chi connectivity index (χ3n) is 6.18. The molecule has 0 spiro atoms. The number of para-hydroxylation sites is 1. The van der Waals surface area contributed by atoms with Crippen molar-refractivity contribution in [3.63, 3.8) is 0 Å². The maximum Gasteiger partial charge on any atom is 0.268 e. The Kier molecular flexibility index (Phi) is 8.33. The zero-order valence-corrected chi connectivity index (χ0v) is 21.9. The van der Waals surface area contributed by atoms with Gasteiger partial charge in [0.05, 0.1) is 21.3 Å². The van der Waals surface area contributed by atoms with E-state index in [0.717, 1.165) is 28.6 Å². The number of aryl methyl sites for hydroxylation is 1. The molecule has 8 heteroatoms. The lowest BCUT2D eigenvalue weighted by molar-refractivity contribution is -0.117. The normalized spacial score (nSPS) is 11.2. The molecule has 0 unspecified atom stereocenters. The fourth-order valence-corrected chi connectivity index (χ4v) is 4.25. The van der Waals surface area contributed by atoms with E-state index in [9.17, 15) is 9.59 Å². The van der Waals surface area contributed by atoms with E-state index in [1.54, 1.807) is 18.2 Å². The number of aromatic nitrogens is 1. The van der Waals surface area contributed by atoms with Gasteiger partial charge >= 0.3 is 0 Å². The first-order valence-electron chi connectivity index (χ1n) is 12.2. The Labute approximate surface area is 221 Å². The highest BCUT2D eigenvalue weighted by molar-refractivity contribution is 6.07. The van der Waals surface area contributed by atoms with Crippen LogP contribution in [0.1, 0.15) is 28.4 Å². The number of amides is 2. The molecule has 1 heterocycles. The lowest BCUT2D eigenvalue weighted by Crippen LogP contribution is -2.34. The van der Waals surface area contributed by atoms with Crippen molar-refractivity contribution in [2.45, 2.75) is 20.0 Å². The third-order valence-corrected chi connectivity index (χ3v) is 6.18. The molecule has 2 N–H and O–H groups in total. The molecule has 4 rings (SSSR count). The van der Waals surface area contributed by atoms with Crippen LogP contribution in [-0.2, 0) is 17.9 Å². The van der Waals surface area contributed by atoms with Crippen molar-refractivity contribution in [2.75, 3.05) is 21.3 Å². The van der Waals surface area contributed by atoms with Crippen LogP contribution in [0.15, 0.2) is 78.6 Å². The lowest BCUT2D eigenvalue weighted by atomic mass is 10.1. The number of nitrogens with one attached hydrogen (secondary N) is 2. The van der Waals surface area contributed by atoms with Crippen LogP contribution in [0.4, 0.5) is 0 Å². The minimum atomic E-state index is -0.496. The molecule has 1 aromatic heterocycles. The number of methoxy groups -OCH3 is 3. The summed E-state index contributed by atoms with van der Waals surface area (Å²) in [7, 11) is 4.44. The van der Waals surface area contributed by atoms with E-state index >= 15 is 0 Å². The number of nitrogens with zero attached hydrogens (tertiary/aromatic N) is 1. The second kappa shape index (κ2) is 12.0. The summed E-state index contributed by atoms with van der Waals surface area (Å²) in [4.78, 5) is 26.8. The molecule has 0 bridgehead atoms. The summed E-state index contributed by atoms with van der Waals surface area (Å²) in [6.45, 7) is 3.13. The third kappa shape index (κ3) is 5.64. The first-order valence-corrected chi connectivity index (χ1v) is 12.2. The fourth-order valence-electron chi connectivity index (χ4n) is 4.25. The largest absolute Gasteiger partial charge is 0.493 e. The molecule has 0 aliphatic carbocycles. The molecular weight excluding hydrogens is 482 g/mol. The van der Waals surface area contributed by atoms with Gasteiger partial charge in [0.15, 0.2) is 11.5 Å². The molecule has 2 amide bonds. The van der Waals surface area contributed by atoms with E-state index in [-0.39, 0.29) is 11.3 Å². The zero-order chi connectivity index (χ0) is 27.1. The van der Waals surface area contributed by atoms with E-state index in [4.69, 9.17) is 14.2 Å². The number of carbonyl (C=O) groups is 2. The van der Waals surface area contributed by atoms with E-state index in [2.05, 4.69) is 22.1 Å². The number of carbonyl (C=O) groups excluding carboxylic acids is 2. The number of hydrogen-bond acceptors (Lipinski definition) is 5. The van der Waals surface area contributed by atoms with Gasteiger partial charge in [-0.25, -0.2) is 0 Å². The van der Waals surface area contributed by atoms with Crippen LogP contribution < -0.4 is 24.8 Å². The fraction of sp³-hybridized carbons (Fsp3) is 0.200. The predicted molar refractivity (Wildman–Crippen MR) is 147 cm³/mol. The second-order valence-corrected chi connectivity index (χ2v) is 8.48. The summed E-state index contributed by atoms with van der Waals surface area (Å²) in [5.74, 6) is 0.131. The van der Waals surface area contributed by atoms with Crippen molar-refractivity contribution in [1.82, 2.24) is 15.2 Å². The van der Waals surface area contributed by atoms with Crippen molar-refractivity contribution in [1.29, 1.82) is 0 Å². The first kappa shape index (κ1) is 26.3. The summed E-state index contributed by atoms with van der Waals surface area (Å²) < 4.78 is 18.2. The van der Waals surface area contributed by atoms with Gasteiger partial charge in [-0.15, -0.1) is 0 Å². The van der Waals surface area contributed by atoms with Crippen LogP contribution in [0.5, 0.6) is 17.2 Å². The maximum absolute atomic E-state index is 13.4. The van der Waals surface area contributed by atoms with E-state index in [1.807, 2.05) is 60.8 Å². The van der Waals surface area contributed by atoms with E-state index in [1.165, 1.54) is 21.3 Å². The molecule has 0 aliphatic rings. The molecule has 0 radical (unpaired) electrons. The molecule has 0 saturated heterocycles. The Morgan fingerprint density at radius 1 is 0.895 bits per heavy atom. The summed E-state index contributed by atoms with van der Waals surface area (Å²) in [6.07, 6.45) is 3.67. The number of benzene rings is 3. The van der Waals surface area contributed by atoms with Gasteiger partial charge in [0.25, 0.3) is 11.8 Å². The smallest absolute Gasteiger partial charge is 0.268 e. The van der Waals surface area contributed by atoms with Crippen LogP contribution in [0.3, 0.4) is 0 Å². The highest BCUT2D eigenvalue weighted by Gasteiger charge is 2.20. The van der Waals surface area contributed by atoms with Gasteiger partial charge in [-0.3, -0.25) is 9.59 Å². The van der Waals surface area contributed by atoms with Gasteiger partial charge in [0.2, 0.25) is 5.75 Å². The molecule has 38 heavy (non-hydrogen) atoms. The molecule has 0 aliphatic heterocycles. The van der Waals surface area contributed by atoms with Crippen LogP contribution in [-0.4, -0.2) is 37.7 Å². The highest BCUT2D eigenvalue weighted by atomic mass is 16.5. The van der Waals surface area contributed by atoms with Crippen LogP contribution in [0, 0.1) is 0 Å². The van der Waals surface area contributed by atoms with Gasteiger partial charge < -0.3 is 29.4 Å². The van der Waals surface area contributed by atoms with Crippen molar-refractivity contribution in [3.8, 4) is 17.2 Å². The molecule has 3 aromatic carbocycles. The number of ether oxygens (including phenoxy) is 3. The highest BCUT2D eigenvalue weighted by Crippen LogP contribution is 2.38. The Morgan fingerprint density at radius 2 is 1.55 bits per heavy atom. The molecule has 0 atom stereocenters. The van der Waals surface area contributed by atoms with Crippen molar-refractivity contribution >= 4 is 28.8 Å². The van der Waals surface area contributed by atoms with Gasteiger partial charge in [-0.1, -0.05) is 48.5 Å². The minimum Gasteiger partial charge on any atom is -0.493 e. The minimum absolute atomic E-state index is 0.110. The molecule has 196 valence electrons. The van der Waals surface area contributed by atoms with Crippen molar-refractivity contribution in [2.24, 2.45) is 0 Å². The summed E-state index contributed by atoms with van der Waals surface area (Å²) in [6, 6.07) is 20.6. The topological polar surface area (TPSA) is 90.8 Å². The van der Waals surface area contributed by atoms with Gasteiger partial charge in [-0.05, 0) is 36.8 Å². The zero-order valence-electron chi connectivity index (χ0n) is 21.9. The Morgan fingerprint density at radius 3 is 2.18 bits per heavy atom. The van der Waals surface area contributed by atoms with E-state index in [0.29, 0.717) is 23.8 Å². The van der Waals surface area contributed by atoms with Gasteiger partial charge in [0.1, 0.15) is 5.70 Å². The molecule has 0 saturated carbocycles. The lowest BCUT2D eigenvalue weighted by Gasteiger charge is -2.15. The van der Waals surface area contributed by atoms with Crippen LogP contribution in [0.2, 0.25) is 0 Å². The maximum atomic E-state index is 13.4. The summed E-state index contributed by atoms with van der Waals surface area (Å²) >= 11 is 0. The monoisotopic (exact) mass is 513 g/mol. The van der Waals surface area contributed by atoms with Crippen molar-refractivity contribution < 1.29 is 23.8 Å². The summed E-state index contributed by atoms with van der Waals surface area (Å²) in [5.41, 5.74) is 3.16. The van der Waals surface area contributed by atoms with Crippen molar-refractivity contribution in [3.05, 3.63) is 95.3 Å².